The van der Waals surface area contributed by atoms with Crippen molar-refractivity contribution in [3.8, 4) is 17.6 Å². The Kier molecular flexibility index (Phi) is 12.8. The van der Waals surface area contributed by atoms with Crippen molar-refractivity contribution in [3.63, 3.8) is 0 Å². The van der Waals surface area contributed by atoms with Gasteiger partial charge in [0.05, 0.1) is 26.4 Å². The summed E-state index contributed by atoms with van der Waals surface area (Å²) in [5.74, 6) is 7.40. The summed E-state index contributed by atoms with van der Waals surface area (Å²) >= 11 is 0. The van der Waals surface area contributed by atoms with Crippen LogP contribution in [0.3, 0.4) is 0 Å². The van der Waals surface area contributed by atoms with Crippen LogP contribution in [0, 0.1) is 11.8 Å². The molecule has 0 bridgehead atoms. The van der Waals surface area contributed by atoms with Crippen molar-refractivity contribution in [1.82, 2.24) is 0 Å². The molecule has 35 heavy (non-hydrogen) atoms. The molecule has 0 saturated heterocycles. The van der Waals surface area contributed by atoms with Crippen LogP contribution in [0.1, 0.15) is 74.3 Å². The third-order valence-electron chi connectivity index (χ3n) is 7.57. The van der Waals surface area contributed by atoms with E-state index in [1.807, 2.05) is 24.3 Å². The van der Waals surface area contributed by atoms with Crippen molar-refractivity contribution in [2.75, 3.05) is 20.3 Å². The van der Waals surface area contributed by atoms with E-state index in [4.69, 9.17) is 18.3 Å². The third-order valence-corrected chi connectivity index (χ3v) is 18.2. The lowest BCUT2D eigenvalue weighted by molar-refractivity contribution is 0.107. The number of ether oxygens (including phenoxy) is 2. The fourth-order valence-electron chi connectivity index (χ4n) is 4.53. The van der Waals surface area contributed by atoms with Crippen LogP contribution in [0.2, 0.25) is 34.8 Å². The van der Waals surface area contributed by atoms with Gasteiger partial charge in [-0.25, -0.2) is 0 Å². The molecule has 0 heterocycles. The molecule has 6 heteroatoms. The Morgan fingerprint density at radius 2 is 1.40 bits per heavy atom. The van der Waals surface area contributed by atoms with Gasteiger partial charge in [0.1, 0.15) is 12.4 Å². The quantitative estimate of drug-likeness (QED) is 0.149. The Balaban J connectivity index is 2.89. The standard InChI is InChI=1S/C29H52O4Si2/c1-23(2)35(24(3)4,25(5)6)33-28(22-32-34(11,12)29(7,8)9)15-13-14-20-31-21-26-16-18-27(30-10)19-17-26/h16-19,23-25,28H,15,20-22H2,1-12H3/t28-/m1/s1. The molecule has 0 aromatic heterocycles. The highest BCUT2D eigenvalue weighted by Gasteiger charge is 2.47. The number of methoxy groups -OCH3 is 1. The summed E-state index contributed by atoms with van der Waals surface area (Å²) in [5, 5.41) is 0.168. The molecule has 0 saturated carbocycles. The van der Waals surface area contributed by atoms with Crippen molar-refractivity contribution in [1.29, 1.82) is 0 Å². The van der Waals surface area contributed by atoms with Gasteiger partial charge >= 0.3 is 0 Å². The van der Waals surface area contributed by atoms with Crippen LogP contribution in [-0.4, -0.2) is 43.1 Å². The Bertz CT molecular complexity index is 777. The molecule has 1 atom stereocenters. The van der Waals surface area contributed by atoms with E-state index < -0.39 is 16.6 Å². The summed E-state index contributed by atoms with van der Waals surface area (Å²) in [7, 11) is -2.24. The number of rotatable bonds is 13. The van der Waals surface area contributed by atoms with Crippen molar-refractivity contribution in [2.24, 2.45) is 0 Å². The topological polar surface area (TPSA) is 36.9 Å². The normalized spacial score (nSPS) is 13.8. The second-order valence-electron chi connectivity index (χ2n) is 12.0. The lowest BCUT2D eigenvalue weighted by atomic mass is 10.2. The van der Waals surface area contributed by atoms with E-state index in [1.165, 1.54) is 0 Å². The van der Waals surface area contributed by atoms with Gasteiger partial charge in [-0.3, -0.25) is 0 Å². The molecule has 0 aliphatic rings. The first-order valence-corrected chi connectivity index (χ1v) is 18.2. The van der Waals surface area contributed by atoms with Gasteiger partial charge in [0, 0.05) is 6.42 Å². The SMILES string of the molecule is COc1ccc(COCC#CC[C@H](CO[Si](C)(C)C(C)(C)C)O[Si](C(C)C)(C(C)C)C(C)C)cc1. The van der Waals surface area contributed by atoms with E-state index in [9.17, 15) is 0 Å². The van der Waals surface area contributed by atoms with Crippen LogP contribution in [0.4, 0.5) is 0 Å². The smallest absolute Gasteiger partial charge is 0.200 e. The zero-order chi connectivity index (χ0) is 26.9. The van der Waals surface area contributed by atoms with Crippen molar-refractivity contribution in [2.45, 2.75) is 116 Å². The molecular weight excluding hydrogens is 468 g/mol. The average molecular weight is 521 g/mol. The lowest BCUT2D eigenvalue weighted by Gasteiger charge is -2.45. The fourth-order valence-corrected chi connectivity index (χ4v) is 11.1. The van der Waals surface area contributed by atoms with Crippen LogP contribution in [0.5, 0.6) is 5.75 Å². The molecule has 200 valence electrons. The van der Waals surface area contributed by atoms with Gasteiger partial charge in [0.25, 0.3) is 0 Å². The summed E-state index contributed by atoms with van der Waals surface area (Å²) in [5.41, 5.74) is 2.69. The maximum Gasteiger partial charge on any atom is 0.200 e. The minimum absolute atomic E-state index is 0.0166. The molecule has 0 fully saturated rings. The molecular formula is C29H52O4Si2. The van der Waals surface area contributed by atoms with Crippen LogP contribution in [0.25, 0.3) is 0 Å². The van der Waals surface area contributed by atoms with Crippen LogP contribution in [-0.2, 0) is 20.2 Å². The molecule has 0 amide bonds. The maximum absolute atomic E-state index is 7.11. The van der Waals surface area contributed by atoms with E-state index in [1.54, 1.807) is 7.11 Å². The Morgan fingerprint density at radius 1 is 0.857 bits per heavy atom. The molecule has 1 aromatic rings. The average Bonchev–Trinajstić information content (AvgIpc) is 2.76. The molecule has 0 aliphatic carbocycles. The first-order valence-electron chi connectivity index (χ1n) is 13.2. The Morgan fingerprint density at radius 3 is 1.86 bits per heavy atom. The summed E-state index contributed by atoms with van der Waals surface area (Å²) in [6.45, 7) is 27.0. The third kappa shape index (κ3) is 9.37. The molecule has 0 aliphatic heterocycles. The van der Waals surface area contributed by atoms with E-state index in [2.05, 4.69) is 87.2 Å². The molecule has 0 radical (unpaired) electrons. The largest absolute Gasteiger partial charge is 0.497 e. The molecule has 4 nitrogen and oxygen atoms in total. The molecule has 0 N–H and O–H groups in total. The van der Waals surface area contributed by atoms with Gasteiger partial charge in [0.15, 0.2) is 8.32 Å². The first-order chi connectivity index (χ1) is 16.2. The zero-order valence-corrected chi connectivity index (χ0v) is 26.6. The second-order valence-corrected chi connectivity index (χ2v) is 22.2. The van der Waals surface area contributed by atoms with E-state index in [-0.39, 0.29) is 11.1 Å². The molecule has 0 spiro atoms. The summed E-state index contributed by atoms with van der Waals surface area (Å²) in [6, 6.07) is 7.93. The van der Waals surface area contributed by atoms with E-state index >= 15 is 0 Å². The highest BCUT2D eigenvalue weighted by atomic mass is 28.4. The first kappa shape index (κ1) is 31.9. The van der Waals surface area contributed by atoms with Gasteiger partial charge < -0.3 is 18.3 Å². The monoisotopic (exact) mass is 520 g/mol. The van der Waals surface area contributed by atoms with Gasteiger partial charge in [-0.1, -0.05) is 86.3 Å². The predicted octanol–water partition coefficient (Wildman–Crippen LogP) is 8.19. The van der Waals surface area contributed by atoms with Crippen molar-refractivity contribution < 1.29 is 18.3 Å². The lowest BCUT2D eigenvalue weighted by Crippen LogP contribution is -2.52. The number of hydrogen-bond acceptors (Lipinski definition) is 4. The van der Waals surface area contributed by atoms with Gasteiger partial charge in [-0.05, 0) is 52.5 Å². The maximum atomic E-state index is 7.11. The van der Waals surface area contributed by atoms with Gasteiger partial charge in [0.2, 0.25) is 8.32 Å². The van der Waals surface area contributed by atoms with Crippen LogP contribution < -0.4 is 4.74 Å². The highest BCUT2D eigenvalue weighted by molar-refractivity contribution is 6.77. The molecule has 0 unspecified atom stereocenters. The second kappa shape index (κ2) is 14.0. The number of hydrogen-bond donors (Lipinski definition) is 0. The minimum atomic E-state index is -2.03. The Hall–Kier alpha value is -1.11. The molecule has 1 aromatic carbocycles. The van der Waals surface area contributed by atoms with Crippen LogP contribution in [0.15, 0.2) is 24.3 Å². The summed E-state index contributed by atoms with van der Waals surface area (Å²) < 4.78 is 24.7. The van der Waals surface area contributed by atoms with E-state index in [0.717, 1.165) is 11.3 Å². The Labute approximate surface area is 218 Å². The fraction of sp³-hybridized carbons (Fsp3) is 0.724. The summed E-state index contributed by atoms with van der Waals surface area (Å²) in [4.78, 5) is 0. The van der Waals surface area contributed by atoms with Crippen LogP contribution >= 0.6 is 0 Å². The molecule has 1 rings (SSSR count). The van der Waals surface area contributed by atoms with Crippen molar-refractivity contribution in [3.05, 3.63) is 29.8 Å². The highest BCUT2D eigenvalue weighted by Crippen LogP contribution is 2.43. The minimum Gasteiger partial charge on any atom is -0.497 e. The van der Waals surface area contributed by atoms with Crippen molar-refractivity contribution >= 4 is 16.6 Å². The summed E-state index contributed by atoms with van der Waals surface area (Å²) in [6.07, 6.45) is 0.651. The zero-order valence-electron chi connectivity index (χ0n) is 24.6. The van der Waals surface area contributed by atoms with Gasteiger partial charge in [-0.2, -0.15) is 0 Å². The van der Waals surface area contributed by atoms with Gasteiger partial charge in [-0.15, -0.1) is 0 Å². The number of benzene rings is 1. The van der Waals surface area contributed by atoms with E-state index in [0.29, 0.717) is 42.9 Å². The predicted molar refractivity (Wildman–Crippen MR) is 154 cm³/mol.